The number of nitrogens with one attached hydrogen (secondary N) is 2. The van der Waals surface area contributed by atoms with Crippen LogP contribution in [0.4, 0.5) is 11.1 Å². The molecule has 248 valence electrons. The Kier molecular flexibility index (Phi) is 8.97. The zero-order chi connectivity index (χ0) is 33.6. The van der Waals surface area contributed by atoms with E-state index in [1.54, 1.807) is 10.8 Å². The average Bonchev–Trinajstić information content (AvgIpc) is 3.56. The number of imidazole rings is 1. The fourth-order valence-corrected chi connectivity index (χ4v) is 8.01. The van der Waals surface area contributed by atoms with Gasteiger partial charge in [0.15, 0.2) is 10.8 Å². The smallest absolute Gasteiger partial charge is 0.351 e. The largest absolute Gasteiger partial charge is 0.543 e. The van der Waals surface area contributed by atoms with E-state index in [9.17, 15) is 24.3 Å². The molecule has 0 aromatic carbocycles. The topological polar surface area (TPSA) is 247 Å². The number of amides is 2. The van der Waals surface area contributed by atoms with Gasteiger partial charge in [-0.15, -0.1) is 11.8 Å². The molecule has 3 aliphatic heterocycles. The number of aliphatic carboxylic acids is 2. The molecule has 2 fully saturated rings. The summed E-state index contributed by atoms with van der Waals surface area (Å²) in [5.41, 5.74) is 12.9. The zero-order valence-corrected chi connectivity index (χ0v) is 27.1. The molecule has 3 aromatic rings. The number of aromatic nitrogens is 4. The summed E-state index contributed by atoms with van der Waals surface area (Å²) in [6.45, 7) is 3.02. The van der Waals surface area contributed by atoms with Crippen LogP contribution in [-0.2, 0) is 30.6 Å². The van der Waals surface area contributed by atoms with Crippen molar-refractivity contribution in [3.63, 3.8) is 0 Å². The number of pyridine rings is 1. The maximum absolute atomic E-state index is 13.4. The van der Waals surface area contributed by atoms with E-state index in [1.165, 1.54) is 18.7 Å². The Bertz CT molecular complexity index is 1850. The fraction of sp³-hybridized carbons (Fsp3) is 0.407. The van der Waals surface area contributed by atoms with Gasteiger partial charge in [-0.05, 0) is 50.0 Å². The minimum atomic E-state index is -1.54. The number of thioether (sulfide) groups is 1. The molecular weight excluding hydrogens is 676 g/mol. The maximum atomic E-state index is 13.4. The Morgan fingerprint density at radius 1 is 1.32 bits per heavy atom. The predicted molar refractivity (Wildman–Crippen MR) is 169 cm³/mol. The van der Waals surface area contributed by atoms with E-state index >= 15 is 0 Å². The summed E-state index contributed by atoms with van der Waals surface area (Å²) in [7, 11) is 0. The van der Waals surface area contributed by atoms with Crippen molar-refractivity contribution in [1.82, 2.24) is 30.1 Å². The van der Waals surface area contributed by atoms with Crippen LogP contribution in [0, 0.1) is 0 Å². The van der Waals surface area contributed by atoms with E-state index in [-0.39, 0.29) is 39.2 Å². The van der Waals surface area contributed by atoms with Crippen LogP contribution in [0.25, 0.3) is 11.2 Å². The zero-order valence-electron chi connectivity index (χ0n) is 24.7. The van der Waals surface area contributed by atoms with Crippen molar-refractivity contribution in [1.29, 1.82) is 0 Å². The van der Waals surface area contributed by atoms with Gasteiger partial charge in [0.05, 0.1) is 17.9 Å². The van der Waals surface area contributed by atoms with Crippen LogP contribution in [-0.4, -0.2) is 90.4 Å². The summed E-state index contributed by atoms with van der Waals surface area (Å²) in [5.74, 6) is -3.97. The normalized spacial score (nSPS) is 20.9. The number of nitrogens with two attached hydrogens (primary N) is 2. The maximum Gasteiger partial charge on any atom is 0.351 e. The van der Waals surface area contributed by atoms with Crippen molar-refractivity contribution >= 4 is 86.4 Å². The highest BCUT2D eigenvalue weighted by molar-refractivity contribution is 8.00. The Morgan fingerprint density at radius 3 is 2.72 bits per heavy atom. The number of rotatable bonds is 10. The lowest BCUT2D eigenvalue weighted by atomic mass is 10.0. The third kappa shape index (κ3) is 6.06. The molecule has 6 heterocycles. The summed E-state index contributed by atoms with van der Waals surface area (Å²) >= 11 is 8.28. The number of nitrogens with zero attached hydrogens (tertiary/aromatic N) is 6. The molecule has 3 aromatic heterocycles. The molecule has 17 nitrogen and oxygen atoms in total. The quantitative estimate of drug-likeness (QED) is 0.0723. The van der Waals surface area contributed by atoms with Crippen molar-refractivity contribution < 1.29 is 38.8 Å². The standard InChI is InChI=1S/C27H29ClN10O7S2/c1-11(24(41)42)45-35-16(15-19(28)47-27(30)33-15)21(39)32-17-22(40)38-18(25(43)44)12(10-46-23(17)38)9-36-8-2-3-14-20(36)34-26(29)37(14)13-4-6-31-7-5-13/h2-3,8,11,13,17,23,29,31H,4-7,9-10H2,1H3,(H5,30,32,33,39,41,42,43,44)/b35-16-/t11-,17?,23?/m0/s1. The SMILES string of the molecule is C[C@H](O/N=C(\C(=O)NC1C(=O)N2C(C(=O)[O-])=C(C[n+]3cccc4c3nc(N)n4C3CCNCC3)CSC12)c1nc(N)sc1Cl)C(=O)O. The molecule has 0 radical (unpaired) electrons. The second kappa shape index (κ2) is 13.0. The van der Waals surface area contributed by atoms with E-state index in [4.69, 9.17) is 33.0 Å². The number of halogens is 1. The number of nitrogen functional groups attached to an aromatic ring is 2. The molecule has 7 N–H and O–H groups in total. The van der Waals surface area contributed by atoms with Gasteiger partial charge in [-0.1, -0.05) is 28.1 Å². The van der Waals surface area contributed by atoms with Crippen LogP contribution in [0.5, 0.6) is 0 Å². The van der Waals surface area contributed by atoms with Gasteiger partial charge in [-0.2, -0.15) is 0 Å². The Morgan fingerprint density at radius 2 is 2.06 bits per heavy atom. The van der Waals surface area contributed by atoms with Crippen molar-refractivity contribution in [3.8, 4) is 0 Å². The van der Waals surface area contributed by atoms with Gasteiger partial charge in [0.2, 0.25) is 6.10 Å². The van der Waals surface area contributed by atoms with Gasteiger partial charge in [0.1, 0.15) is 33.5 Å². The highest BCUT2D eigenvalue weighted by Crippen LogP contribution is 2.40. The molecule has 2 amide bonds. The highest BCUT2D eigenvalue weighted by atomic mass is 35.5. The van der Waals surface area contributed by atoms with Gasteiger partial charge in [0, 0.05) is 17.4 Å². The van der Waals surface area contributed by atoms with Gasteiger partial charge in [-0.3, -0.25) is 19.1 Å². The number of piperidine rings is 1. The number of carbonyl (C=O) groups is 4. The number of oxime groups is 1. The first-order valence-corrected chi connectivity index (χ1v) is 16.6. The number of carboxylic acid groups (broad SMARTS) is 2. The van der Waals surface area contributed by atoms with Crippen molar-refractivity contribution in [2.24, 2.45) is 5.16 Å². The summed E-state index contributed by atoms with van der Waals surface area (Å²) in [6.07, 6.45) is 2.13. The van der Waals surface area contributed by atoms with E-state index in [0.717, 1.165) is 47.7 Å². The number of anilines is 2. The molecule has 0 saturated carbocycles. The number of hydrogen-bond acceptors (Lipinski definition) is 14. The number of carboxylic acids is 2. The Labute approximate surface area is 279 Å². The molecule has 47 heavy (non-hydrogen) atoms. The van der Waals surface area contributed by atoms with Crippen molar-refractivity contribution in [2.45, 2.75) is 49.9 Å². The average molecular weight is 705 g/mol. The molecular formula is C27H29ClN10O7S2. The van der Waals surface area contributed by atoms with Gasteiger partial charge in [0.25, 0.3) is 11.8 Å². The first kappa shape index (κ1) is 32.5. The van der Waals surface area contributed by atoms with E-state index in [1.807, 2.05) is 16.7 Å². The van der Waals surface area contributed by atoms with Crippen LogP contribution in [0.1, 0.15) is 31.5 Å². The molecule has 0 aliphatic carbocycles. The monoisotopic (exact) mass is 704 g/mol. The molecule has 0 bridgehead atoms. The van der Waals surface area contributed by atoms with Crippen LogP contribution >= 0.6 is 34.7 Å². The Hall–Kier alpha value is -4.46. The summed E-state index contributed by atoms with van der Waals surface area (Å²) in [5, 5.41) is 30.3. The molecule has 2 unspecified atom stereocenters. The lowest BCUT2D eigenvalue weighted by molar-refractivity contribution is -0.664. The molecule has 0 spiro atoms. The van der Waals surface area contributed by atoms with Crippen LogP contribution in [0.2, 0.25) is 4.34 Å². The highest BCUT2D eigenvalue weighted by Gasteiger charge is 2.53. The van der Waals surface area contributed by atoms with E-state index in [2.05, 4.69) is 25.8 Å². The van der Waals surface area contributed by atoms with Crippen molar-refractivity contribution in [2.75, 3.05) is 30.3 Å². The summed E-state index contributed by atoms with van der Waals surface area (Å²) in [6, 6.07) is 2.77. The molecule has 3 atom stereocenters. The fourth-order valence-electron chi connectivity index (χ4n) is 5.74. The second-order valence-electron chi connectivity index (χ2n) is 11.0. The van der Waals surface area contributed by atoms with E-state index in [0.29, 0.717) is 17.2 Å². The lowest BCUT2D eigenvalue weighted by Crippen LogP contribution is -2.71. The first-order valence-electron chi connectivity index (χ1n) is 14.4. The van der Waals surface area contributed by atoms with Crippen molar-refractivity contribution in [3.05, 3.63) is 39.6 Å². The minimum absolute atomic E-state index is 0.0103. The Balaban J connectivity index is 1.24. The molecule has 2 saturated heterocycles. The summed E-state index contributed by atoms with van der Waals surface area (Å²) < 4.78 is 3.78. The van der Waals surface area contributed by atoms with Gasteiger partial charge < -0.3 is 41.9 Å². The molecule has 6 rings (SSSR count). The number of fused-ring (bicyclic) bond motifs is 2. The number of hydrogen-bond donors (Lipinski definition) is 5. The minimum Gasteiger partial charge on any atom is -0.543 e. The van der Waals surface area contributed by atoms with Gasteiger partial charge in [-0.25, -0.2) is 14.3 Å². The first-order chi connectivity index (χ1) is 22.5. The number of thiazole rings is 1. The predicted octanol–water partition coefficient (Wildman–Crippen LogP) is -1.18. The molecule has 3 aliphatic rings. The molecule has 20 heteroatoms. The van der Waals surface area contributed by atoms with Crippen LogP contribution in [0.15, 0.2) is 34.8 Å². The lowest BCUT2D eigenvalue weighted by Gasteiger charge is -2.50. The number of β-lactam (4-membered cyclic amide) rings is 1. The third-order valence-electron chi connectivity index (χ3n) is 8.00. The van der Waals surface area contributed by atoms with Crippen LogP contribution < -0.4 is 31.8 Å². The van der Waals surface area contributed by atoms with E-state index < -0.39 is 47.0 Å². The number of carbonyl (C=O) groups excluding carboxylic acids is 3. The van der Waals surface area contributed by atoms with Gasteiger partial charge >= 0.3 is 17.6 Å². The summed E-state index contributed by atoms with van der Waals surface area (Å²) in [4.78, 5) is 65.0. The second-order valence-corrected chi connectivity index (χ2v) is 13.7. The third-order valence-corrected chi connectivity index (χ3v) is 10.4. The van der Waals surface area contributed by atoms with Crippen LogP contribution in [0.3, 0.4) is 0 Å².